The number of ether oxygens (including phenoxy) is 1. The van der Waals surface area contributed by atoms with Crippen molar-refractivity contribution in [3.8, 4) is 5.75 Å². The molecule has 4 nitrogen and oxygen atoms in total. The molecule has 0 unspecified atom stereocenters. The van der Waals surface area contributed by atoms with Crippen molar-refractivity contribution < 1.29 is 9.53 Å². The SMILES string of the molecule is CC(=O)c1ccccc1OCCN(C)CC(C)(C)CN.Cl. The lowest BCUT2D eigenvalue weighted by Crippen LogP contribution is -2.38. The summed E-state index contributed by atoms with van der Waals surface area (Å²) in [5.74, 6) is 0.685. The van der Waals surface area contributed by atoms with E-state index in [0.29, 0.717) is 24.5 Å². The lowest BCUT2D eigenvalue weighted by molar-refractivity contribution is 0.101. The number of nitrogens with two attached hydrogens (primary N) is 1. The molecule has 0 fully saturated rings. The summed E-state index contributed by atoms with van der Waals surface area (Å²) in [5.41, 5.74) is 6.47. The average Bonchev–Trinajstić information content (AvgIpc) is 2.38. The van der Waals surface area contributed by atoms with Gasteiger partial charge in [0, 0.05) is 13.1 Å². The van der Waals surface area contributed by atoms with E-state index in [2.05, 4.69) is 25.8 Å². The average molecular weight is 315 g/mol. The van der Waals surface area contributed by atoms with Crippen molar-refractivity contribution in [1.82, 2.24) is 4.90 Å². The van der Waals surface area contributed by atoms with Crippen molar-refractivity contribution >= 4 is 18.2 Å². The number of hydrogen-bond acceptors (Lipinski definition) is 4. The van der Waals surface area contributed by atoms with Gasteiger partial charge in [-0.3, -0.25) is 4.79 Å². The molecule has 0 aliphatic heterocycles. The van der Waals surface area contributed by atoms with Gasteiger partial charge < -0.3 is 15.4 Å². The van der Waals surface area contributed by atoms with Crippen molar-refractivity contribution in [1.29, 1.82) is 0 Å². The van der Waals surface area contributed by atoms with E-state index in [-0.39, 0.29) is 23.6 Å². The lowest BCUT2D eigenvalue weighted by Gasteiger charge is -2.28. The van der Waals surface area contributed by atoms with Gasteiger partial charge in [-0.2, -0.15) is 0 Å². The van der Waals surface area contributed by atoms with Crippen LogP contribution in [-0.2, 0) is 0 Å². The van der Waals surface area contributed by atoms with Crippen molar-refractivity contribution in [2.24, 2.45) is 11.1 Å². The Balaban J connectivity index is 0.00000400. The number of carbonyl (C=O) groups is 1. The molecule has 21 heavy (non-hydrogen) atoms. The quantitative estimate of drug-likeness (QED) is 0.749. The molecule has 120 valence electrons. The van der Waals surface area contributed by atoms with Gasteiger partial charge >= 0.3 is 0 Å². The third-order valence-corrected chi connectivity index (χ3v) is 3.25. The number of ketones is 1. The molecule has 0 bridgehead atoms. The molecule has 0 saturated heterocycles. The standard InChI is InChI=1S/C16H26N2O2.ClH/c1-13(19)14-7-5-6-8-15(14)20-10-9-18(4)12-16(2,3)11-17;/h5-8H,9-12,17H2,1-4H3;1H. The molecule has 0 aromatic heterocycles. The van der Waals surface area contributed by atoms with E-state index < -0.39 is 0 Å². The van der Waals surface area contributed by atoms with Gasteiger partial charge in [0.05, 0.1) is 5.56 Å². The maximum absolute atomic E-state index is 11.5. The van der Waals surface area contributed by atoms with Crippen LogP contribution in [0.1, 0.15) is 31.1 Å². The molecule has 0 heterocycles. The van der Waals surface area contributed by atoms with Crippen LogP contribution in [0.25, 0.3) is 0 Å². The number of hydrogen-bond donors (Lipinski definition) is 1. The Morgan fingerprint density at radius 2 is 1.95 bits per heavy atom. The molecule has 0 spiro atoms. The van der Waals surface area contributed by atoms with Gasteiger partial charge in [-0.15, -0.1) is 12.4 Å². The zero-order valence-corrected chi connectivity index (χ0v) is 14.2. The Bertz CT molecular complexity index is 450. The maximum Gasteiger partial charge on any atom is 0.163 e. The van der Waals surface area contributed by atoms with E-state index in [0.717, 1.165) is 13.1 Å². The van der Waals surface area contributed by atoms with Gasteiger partial charge in [0.1, 0.15) is 12.4 Å². The number of likely N-dealkylation sites (N-methyl/N-ethyl adjacent to an activating group) is 1. The van der Waals surface area contributed by atoms with Gasteiger partial charge in [0.15, 0.2) is 5.78 Å². The van der Waals surface area contributed by atoms with Gasteiger partial charge in [-0.25, -0.2) is 0 Å². The summed E-state index contributed by atoms with van der Waals surface area (Å²) >= 11 is 0. The number of halogens is 1. The zero-order valence-electron chi connectivity index (χ0n) is 13.4. The Hall–Kier alpha value is -1.10. The highest BCUT2D eigenvalue weighted by Gasteiger charge is 2.18. The number of benzene rings is 1. The first-order valence-corrected chi connectivity index (χ1v) is 6.97. The summed E-state index contributed by atoms with van der Waals surface area (Å²) in [4.78, 5) is 13.7. The Morgan fingerprint density at radius 3 is 2.52 bits per heavy atom. The smallest absolute Gasteiger partial charge is 0.163 e. The molecule has 2 N–H and O–H groups in total. The second-order valence-electron chi connectivity index (χ2n) is 6.01. The lowest BCUT2D eigenvalue weighted by atomic mass is 9.93. The van der Waals surface area contributed by atoms with Crippen LogP contribution < -0.4 is 10.5 Å². The van der Waals surface area contributed by atoms with Crippen LogP contribution in [0.15, 0.2) is 24.3 Å². The third kappa shape index (κ3) is 6.93. The molecular formula is C16H27ClN2O2. The maximum atomic E-state index is 11.5. The second kappa shape index (κ2) is 9.03. The molecule has 1 aromatic carbocycles. The molecule has 1 aromatic rings. The summed E-state index contributed by atoms with van der Waals surface area (Å²) in [7, 11) is 2.05. The zero-order chi connectivity index (χ0) is 15.2. The summed E-state index contributed by atoms with van der Waals surface area (Å²) in [6.07, 6.45) is 0. The van der Waals surface area contributed by atoms with Crippen molar-refractivity contribution in [3.05, 3.63) is 29.8 Å². The highest BCUT2D eigenvalue weighted by molar-refractivity contribution is 5.96. The highest BCUT2D eigenvalue weighted by atomic mass is 35.5. The highest BCUT2D eigenvalue weighted by Crippen LogP contribution is 2.18. The van der Waals surface area contributed by atoms with Crippen LogP contribution in [0.4, 0.5) is 0 Å². The fourth-order valence-electron chi connectivity index (χ4n) is 2.07. The number of nitrogens with zero attached hydrogens (tertiary/aromatic N) is 1. The number of para-hydroxylation sites is 1. The fraction of sp³-hybridized carbons (Fsp3) is 0.562. The van der Waals surface area contributed by atoms with Crippen LogP contribution >= 0.6 is 12.4 Å². The predicted octanol–water partition coefficient (Wildman–Crippen LogP) is 2.61. The topological polar surface area (TPSA) is 55.6 Å². The van der Waals surface area contributed by atoms with E-state index in [1.165, 1.54) is 0 Å². The molecular weight excluding hydrogens is 288 g/mol. The van der Waals surface area contributed by atoms with Gasteiger partial charge in [0.2, 0.25) is 0 Å². The van der Waals surface area contributed by atoms with Crippen LogP contribution in [-0.4, -0.2) is 44.0 Å². The third-order valence-electron chi connectivity index (χ3n) is 3.25. The second-order valence-corrected chi connectivity index (χ2v) is 6.01. The fourth-order valence-corrected chi connectivity index (χ4v) is 2.07. The first-order valence-electron chi connectivity index (χ1n) is 6.97. The Labute approximate surface area is 134 Å². The first-order chi connectivity index (χ1) is 9.35. The molecule has 0 radical (unpaired) electrons. The summed E-state index contributed by atoms with van der Waals surface area (Å²) in [6, 6.07) is 7.35. The van der Waals surface area contributed by atoms with Crippen molar-refractivity contribution in [2.75, 3.05) is 33.3 Å². The van der Waals surface area contributed by atoms with Gasteiger partial charge in [0.25, 0.3) is 0 Å². The van der Waals surface area contributed by atoms with Gasteiger partial charge in [-0.1, -0.05) is 26.0 Å². The number of Topliss-reactive ketones (excluding diaryl/α,β-unsaturated/α-hetero) is 1. The summed E-state index contributed by atoms with van der Waals surface area (Å²) in [6.45, 7) is 8.78. The van der Waals surface area contributed by atoms with Crippen molar-refractivity contribution in [2.45, 2.75) is 20.8 Å². The molecule has 5 heteroatoms. The van der Waals surface area contributed by atoms with E-state index in [4.69, 9.17) is 10.5 Å². The first kappa shape index (κ1) is 19.9. The molecule has 0 aliphatic carbocycles. The minimum atomic E-state index is 0. The van der Waals surface area contributed by atoms with Crippen molar-refractivity contribution in [3.63, 3.8) is 0 Å². The van der Waals surface area contributed by atoms with E-state index >= 15 is 0 Å². The molecule has 0 amide bonds. The van der Waals surface area contributed by atoms with Crippen LogP contribution in [0, 0.1) is 5.41 Å². The monoisotopic (exact) mass is 314 g/mol. The summed E-state index contributed by atoms with van der Waals surface area (Å²) < 4.78 is 5.72. The van der Waals surface area contributed by atoms with Crippen LogP contribution in [0.5, 0.6) is 5.75 Å². The number of rotatable bonds is 8. The summed E-state index contributed by atoms with van der Waals surface area (Å²) in [5, 5.41) is 0. The Kier molecular flexibility index (Phi) is 8.55. The predicted molar refractivity (Wildman–Crippen MR) is 89.5 cm³/mol. The Morgan fingerprint density at radius 1 is 1.33 bits per heavy atom. The number of carbonyl (C=O) groups excluding carboxylic acids is 1. The normalized spacial score (nSPS) is 11.1. The van der Waals surface area contributed by atoms with E-state index in [9.17, 15) is 4.79 Å². The molecule has 0 aliphatic rings. The minimum absolute atomic E-state index is 0. The van der Waals surface area contributed by atoms with Gasteiger partial charge in [-0.05, 0) is 38.1 Å². The van der Waals surface area contributed by atoms with E-state index in [1.807, 2.05) is 18.2 Å². The van der Waals surface area contributed by atoms with Crippen LogP contribution in [0.3, 0.4) is 0 Å². The largest absolute Gasteiger partial charge is 0.491 e. The minimum Gasteiger partial charge on any atom is -0.491 e. The molecule has 0 atom stereocenters. The molecule has 1 rings (SSSR count). The van der Waals surface area contributed by atoms with Crippen LogP contribution in [0.2, 0.25) is 0 Å². The van der Waals surface area contributed by atoms with E-state index in [1.54, 1.807) is 13.0 Å². The molecule has 0 saturated carbocycles.